The van der Waals surface area contributed by atoms with Crippen molar-refractivity contribution in [3.63, 3.8) is 0 Å². The maximum Gasteiger partial charge on any atom is 0.123 e. The van der Waals surface area contributed by atoms with Gasteiger partial charge in [0.05, 0.1) is 6.10 Å². The van der Waals surface area contributed by atoms with Crippen LogP contribution in [0.25, 0.3) is 0 Å². The van der Waals surface area contributed by atoms with Gasteiger partial charge >= 0.3 is 0 Å². The third-order valence-electron chi connectivity index (χ3n) is 3.80. The zero-order valence-electron chi connectivity index (χ0n) is 12.1. The molecule has 0 aliphatic rings. The predicted molar refractivity (Wildman–Crippen MR) is 83.6 cm³/mol. The van der Waals surface area contributed by atoms with Crippen LogP contribution in [0.2, 0.25) is 0 Å². The van der Waals surface area contributed by atoms with Gasteiger partial charge in [0.1, 0.15) is 5.82 Å². The Kier molecular flexibility index (Phi) is 5.90. The van der Waals surface area contributed by atoms with Gasteiger partial charge in [-0.15, -0.1) is 0 Å². The molecule has 0 radical (unpaired) electrons. The molecule has 0 aliphatic heterocycles. The maximum atomic E-state index is 13.3. The summed E-state index contributed by atoms with van der Waals surface area (Å²) in [4.78, 5) is 0. The van der Waals surface area contributed by atoms with E-state index in [-0.39, 0.29) is 11.7 Å². The summed E-state index contributed by atoms with van der Waals surface area (Å²) < 4.78 is 13.3. The minimum absolute atomic E-state index is 0.212. The highest BCUT2D eigenvalue weighted by atomic mass is 19.1. The number of benzene rings is 2. The summed E-state index contributed by atoms with van der Waals surface area (Å²) in [6.45, 7) is 0.315. The minimum Gasteiger partial charge on any atom is -0.392 e. The van der Waals surface area contributed by atoms with Crippen molar-refractivity contribution in [1.29, 1.82) is 0 Å². The molecule has 112 valence electrons. The summed E-state index contributed by atoms with van der Waals surface area (Å²) in [6.07, 6.45) is 1.93. The van der Waals surface area contributed by atoms with Crippen molar-refractivity contribution in [1.82, 2.24) is 0 Å². The van der Waals surface area contributed by atoms with Crippen molar-refractivity contribution in [2.75, 3.05) is 6.54 Å². The first-order chi connectivity index (χ1) is 10.2. The van der Waals surface area contributed by atoms with Crippen LogP contribution in [-0.2, 0) is 6.42 Å². The molecule has 2 atom stereocenters. The fraction of sp³-hybridized carbons (Fsp3) is 0.333. The third-order valence-corrected chi connectivity index (χ3v) is 3.80. The number of nitrogens with two attached hydrogens (primary N) is 1. The fourth-order valence-corrected chi connectivity index (χ4v) is 2.61. The quantitative estimate of drug-likeness (QED) is 0.821. The second kappa shape index (κ2) is 7.91. The van der Waals surface area contributed by atoms with E-state index in [0.29, 0.717) is 13.0 Å². The Labute approximate surface area is 125 Å². The van der Waals surface area contributed by atoms with Crippen LogP contribution in [0, 0.1) is 5.82 Å². The predicted octanol–water partition coefficient (Wildman–Crippen LogP) is 3.25. The zero-order valence-corrected chi connectivity index (χ0v) is 12.1. The largest absolute Gasteiger partial charge is 0.392 e. The lowest BCUT2D eigenvalue weighted by atomic mass is 9.90. The molecule has 0 bridgehead atoms. The third kappa shape index (κ3) is 4.66. The molecule has 0 amide bonds. The van der Waals surface area contributed by atoms with Crippen LogP contribution in [0.3, 0.4) is 0 Å². The van der Waals surface area contributed by atoms with E-state index in [0.717, 1.165) is 18.4 Å². The first kappa shape index (κ1) is 15.7. The van der Waals surface area contributed by atoms with Crippen LogP contribution in [0.4, 0.5) is 4.39 Å². The van der Waals surface area contributed by atoms with Crippen molar-refractivity contribution < 1.29 is 9.50 Å². The van der Waals surface area contributed by atoms with E-state index in [1.54, 1.807) is 6.07 Å². The van der Waals surface area contributed by atoms with Crippen molar-refractivity contribution in [2.24, 2.45) is 5.73 Å². The van der Waals surface area contributed by atoms with E-state index in [9.17, 15) is 9.50 Å². The molecular formula is C18H22FNO. The zero-order chi connectivity index (χ0) is 15.1. The molecule has 21 heavy (non-hydrogen) atoms. The van der Waals surface area contributed by atoms with Crippen LogP contribution in [-0.4, -0.2) is 17.8 Å². The monoisotopic (exact) mass is 287 g/mol. The smallest absolute Gasteiger partial charge is 0.123 e. The molecule has 0 saturated heterocycles. The Bertz CT molecular complexity index is 544. The van der Waals surface area contributed by atoms with Crippen molar-refractivity contribution in [3.05, 3.63) is 71.5 Å². The Morgan fingerprint density at radius 3 is 2.48 bits per heavy atom. The van der Waals surface area contributed by atoms with Gasteiger partial charge in [0.25, 0.3) is 0 Å². The van der Waals surface area contributed by atoms with Gasteiger partial charge in [-0.25, -0.2) is 4.39 Å². The number of aryl methyl sites for hydroxylation is 1. The lowest BCUT2D eigenvalue weighted by Crippen LogP contribution is -2.26. The van der Waals surface area contributed by atoms with E-state index in [1.165, 1.54) is 17.7 Å². The number of halogens is 1. The molecule has 3 heteroatoms. The first-order valence-corrected chi connectivity index (χ1v) is 7.38. The van der Waals surface area contributed by atoms with E-state index >= 15 is 0 Å². The minimum atomic E-state index is -0.541. The van der Waals surface area contributed by atoms with Gasteiger partial charge in [-0.05, 0) is 42.5 Å². The number of aliphatic hydroxyl groups excluding tert-OH is 1. The molecular weight excluding hydrogens is 265 g/mol. The van der Waals surface area contributed by atoms with Crippen molar-refractivity contribution >= 4 is 0 Å². The molecule has 2 unspecified atom stereocenters. The van der Waals surface area contributed by atoms with Gasteiger partial charge in [0.15, 0.2) is 0 Å². The molecule has 3 N–H and O–H groups in total. The second-order valence-corrected chi connectivity index (χ2v) is 5.34. The maximum absolute atomic E-state index is 13.3. The van der Waals surface area contributed by atoms with Crippen molar-refractivity contribution in [2.45, 2.75) is 31.3 Å². The molecule has 2 aromatic rings. The average Bonchev–Trinajstić information content (AvgIpc) is 2.49. The SMILES string of the molecule is NCC(c1cccc(F)c1)C(O)CCCc1ccccc1. The van der Waals surface area contributed by atoms with E-state index in [1.807, 2.05) is 24.3 Å². The Hall–Kier alpha value is -1.71. The summed E-state index contributed by atoms with van der Waals surface area (Å²) >= 11 is 0. The summed E-state index contributed by atoms with van der Waals surface area (Å²) in [5, 5.41) is 10.3. The molecule has 0 fully saturated rings. The van der Waals surface area contributed by atoms with Crippen LogP contribution >= 0.6 is 0 Å². The molecule has 2 nitrogen and oxygen atoms in total. The number of rotatable bonds is 7. The Morgan fingerprint density at radius 2 is 1.81 bits per heavy atom. The van der Waals surface area contributed by atoms with Crippen LogP contribution in [0.15, 0.2) is 54.6 Å². The molecule has 0 aliphatic carbocycles. The standard InChI is InChI=1S/C18H22FNO/c19-16-10-5-9-15(12-16)17(13-20)18(21)11-4-8-14-6-2-1-3-7-14/h1-3,5-7,9-10,12,17-18,21H,4,8,11,13,20H2. The van der Waals surface area contributed by atoms with Gasteiger partial charge < -0.3 is 10.8 Å². The Morgan fingerprint density at radius 1 is 1.05 bits per heavy atom. The molecule has 0 saturated carbocycles. The highest BCUT2D eigenvalue weighted by Gasteiger charge is 2.19. The van der Waals surface area contributed by atoms with E-state index < -0.39 is 6.10 Å². The van der Waals surface area contributed by atoms with Gasteiger partial charge in [-0.3, -0.25) is 0 Å². The molecule has 0 spiro atoms. The van der Waals surface area contributed by atoms with E-state index in [4.69, 9.17) is 5.73 Å². The van der Waals surface area contributed by atoms with Crippen LogP contribution in [0.1, 0.15) is 29.9 Å². The van der Waals surface area contributed by atoms with Gasteiger partial charge in [0, 0.05) is 12.5 Å². The number of hydrogen-bond donors (Lipinski definition) is 2. The lowest BCUT2D eigenvalue weighted by Gasteiger charge is -2.22. The topological polar surface area (TPSA) is 46.2 Å². The number of hydrogen-bond acceptors (Lipinski definition) is 2. The van der Waals surface area contributed by atoms with Gasteiger partial charge in [-0.2, -0.15) is 0 Å². The molecule has 0 heterocycles. The Balaban J connectivity index is 1.90. The summed E-state index contributed by atoms with van der Waals surface area (Å²) in [5.74, 6) is -0.501. The van der Waals surface area contributed by atoms with Gasteiger partial charge in [0.2, 0.25) is 0 Å². The normalized spacial score (nSPS) is 13.9. The second-order valence-electron chi connectivity index (χ2n) is 5.34. The summed E-state index contributed by atoms with van der Waals surface area (Å²) in [6, 6.07) is 16.5. The summed E-state index contributed by atoms with van der Waals surface area (Å²) in [5.41, 5.74) is 7.79. The summed E-state index contributed by atoms with van der Waals surface area (Å²) in [7, 11) is 0. The lowest BCUT2D eigenvalue weighted by molar-refractivity contribution is 0.133. The van der Waals surface area contributed by atoms with Crippen LogP contribution in [0.5, 0.6) is 0 Å². The average molecular weight is 287 g/mol. The molecule has 0 aromatic heterocycles. The number of aliphatic hydroxyl groups is 1. The van der Waals surface area contributed by atoms with Crippen LogP contribution < -0.4 is 5.73 Å². The highest BCUT2D eigenvalue weighted by molar-refractivity contribution is 5.22. The van der Waals surface area contributed by atoms with E-state index in [2.05, 4.69) is 12.1 Å². The van der Waals surface area contributed by atoms with Gasteiger partial charge in [-0.1, -0.05) is 42.5 Å². The fourth-order valence-electron chi connectivity index (χ4n) is 2.61. The van der Waals surface area contributed by atoms with Crippen molar-refractivity contribution in [3.8, 4) is 0 Å². The highest BCUT2D eigenvalue weighted by Crippen LogP contribution is 2.23. The molecule has 2 aromatic carbocycles. The molecule has 2 rings (SSSR count). The first-order valence-electron chi connectivity index (χ1n) is 7.38.